The van der Waals surface area contributed by atoms with Gasteiger partial charge < -0.3 is 0 Å². The van der Waals surface area contributed by atoms with Gasteiger partial charge in [-0.3, -0.25) is 5.32 Å². The third-order valence-corrected chi connectivity index (χ3v) is 3.46. The molecular weight excluding hydrogens is 208 g/mol. The quantitative estimate of drug-likeness (QED) is 0.859. The molecule has 0 saturated heterocycles. The van der Waals surface area contributed by atoms with E-state index < -0.39 is 0 Å². The van der Waals surface area contributed by atoms with Crippen LogP contribution >= 0.6 is 0 Å². The number of benzene rings is 1. The molecule has 1 aromatic rings. The lowest BCUT2D eigenvalue weighted by molar-refractivity contribution is 0.589. The summed E-state index contributed by atoms with van der Waals surface area (Å²) in [6.07, 6.45) is 2.63. The minimum absolute atomic E-state index is 0.156. The van der Waals surface area contributed by atoms with E-state index in [2.05, 4.69) is 44.3 Å². The van der Waals surface area contributed by atoms with Crippen LogP contribution in [0.2, 0.25) is 0 Å². The van der Waals surface area contributed by atoms with E-state index in [1.807, 2.05) is 0 Å². The van der Waals surface area contributed by atoms with Crippen LogP contribution in [0.1, 0.15) is 41.1 Å². The second-order valence-electron chi connectivity index (χ2n) is 5.23. The van der Waals surface area contributed by atoms with Crippen LogP contribution in [0.5, 0.6) is 0 Å². The summed E-state index contributed by atoms with van der Waals surface area (Å²) < 4.78 is 0. The first-order valence-electron chi connectivity index (χ1n) is 6.32. The van der Waals surface area contributed by atoms with Gasteiger partial charge in [0, 0.05) is 0 Å². The van der Waals surface area contributed by atoms with Crippen LogP contribution in [0, 0.1) is 38.0 Å². The zero-order chi connectivity index (χ0) is 12.4. The van der Waals surface area contributed by atoms with E-state index in [9.17, 15) is 5.26 Å². The van der Waals surface area contributed by atoms with Crippen molar-refractivity contribution in [2.75, 3.05) is 6.54 Å². The smallest absolute Gasteiger partial charge is 0.121 e. The number of rotatable bonds is 4. The van der Waals surface area contributed by atoms with Crippen molar-refractivity contribution in [3.8, 4) is 6.07 Å². The van der Waals surface area contributed by atoms with Crippen molar-refractivity contribution in [1.82, 2.24) is 5.32 Å². The Morgan fingerprint density at radius 1 is 1.29 bits per heavy atom. The second kappa shape index (κ2) is 4.89. The topological polar surface area (TPSA) is 35.8 Å². The Hall–Kier alpha value is -1.33. The Labute approximate surface area is 104 Å². The van der Waals surface area contributed by atoms with Crippen molar-refractivity contribution in [3.63, 3.8) is 0 Å². The van der Waals surface area contributed by atoms with Crippen LogP contribution in [-0.4, -0.2) is 6.54 Å². The molecule has 1 atom stereocenters. The van der Waals surface area contributed by atoms with Gasteiger partial charge in [0.15, 0.2) is 0 Å². The van der Waals surface area contributed by atoms with Gasteiger partial charge in [-0.2, -0.15) is 5.26 Å². The molecule has 17 heavy (non-hydrogen) atoms. The molecule has 0 amide bonds. The molecule has 2 rings (SSSR count). The van der Waals surface area contributed by atoms with E-state index in [1.54, 1.807) is 0 Å². The van der Waals surface area contributed by atoms with Gasteiger partial charge in [0.2, 0.25) is 0 Å². The van der Waals surface area contributed by atoms with Crippen LogP contribution in [0.25, 0.3) is 0 Å². The molecule has 1 N–H and O–H groups in total. The Morgan fingerprint density at radius 2 is 1.88 bits per heavy atom. The molecule has 1 saturated carbocycles. The Balaban J connectivity index is 2.20. The van der Waals surface area contributed by atoms with E-state index in [1.165, 1.54) is 35.1 Å². The predicted molar refractivity (Wildman–Crippen MR) is 69.7 cm³/mol. The number of hydrogen-bond donors (Lipinski definition) is 1. The van der Waals surface area contributed by atoms with Crippen molar-refractivity contribution in [1.29, 1.82) is 5.26 Å². The maximum Gasteiger partial charge on any atom is 0.121 e. The fourth-order valence-electron chi connectivity index (χ4n) is 2.47. The van der Waals surface area contributed by atoms with Crippen molar-refractivity contribution in [2.45, 2.75) is 39.7 Å². The van der Waals surface area contributed by atoms with Crippen molar-refractivity contribution < 1.29 is 0 Å². The minimum Gasteiger partial charge on any atom is -0.298 e. The molecule has 1 unspecified atom stereocenters. The number of nitriles is 1. The number of nitrogens with one attached hydrogen (secondary N) is 1. The lowest BCUT2D eigenvalue weighted by Gasteiger charge is -2.17. The average Bonchev–Trinajstić information content (AvgIpc) is 3.05. The number of nitrogens with zero attached hydrogens (tertiary/aromatic N) is 1. The molecule has 0 aliphatic heterocycles. The van der Waals surface area contributed by atoms with Crippen LogP contribution in [0.4, 0.5) is 0 Å². The lowest BCUT2D eigenvalue weighted by Crippen LogP contribution is -2.23. The fraction of sp³-hybridized carbons (Fsp3) is 0.533. The Bertz CT molecular complexity index is 429. The highest BCUT2D eigenvalue weighted by Gasteiger charge is 2.23. The first-order chi connectivity index (χ1) is 8.11. The second-order valence-corrected chi connectivity index (χ2v) is 5.23. The molecule has 0 aromatic heterocycles. The van der Waals surface area contributed by atoms with Crippen LogP contribution in [0.3, 0.4) is 0 Å². The first-order valence-corrected chi connectivity index (χ1v) is 6.32. The highest BCUT2D eigenvalue weighted by Crippen LogP contribution is 2.29. The zero-order valence-corrected chi connectivity index (χ0v) is 10.9. The summed E-state index contributed by atoms with van der Waals surface area (Å²) in [6.45, 7) is 7.27. The summed E-state index contributed by atoms with van der Waals surface area (Å²) in [4.78, 5) is 0. The third kappa shape index (κ3) is 2.87. The molecule has 1 aliphatic rings. The van der Waals surface area contributed by atoms with E-state index in [-0.39, 0.29) is 6.04 Å². The summed E-state index contributed by atoms with van der Waals surface area (Å²) in [5, 5.41) is 12.7. The van der Waals surface area contributed by atoms with E-state index in [0.29, 0.717) is 0 Å². The van der Waals surface area contributed by atoms with Gasteiger partial charge in [-0.25, -0.2) is 0 Å². The van der Waals surface area contributed by atoms with Gasteiger partial charge in [0.05, 0.1) is 6.07 Å². The molecular formula is C15H20N2. The van der Waals surface area contributed by atoms with Gasteiger partial charge in [-0.05, 0) is 62.8 Å². The molecule has 0 spiro atoms. The number of aryl methyl sites for hydroxylation is 3. The summed E-state index contributed by atoms with van der Waals surface area (Å²) in [5.41, 5.74) is 4.87. The monoisotopic (exact) mass is 228 g/mol. The van der Waals surface area contributed by atoms with E-state index >= 15 is 0 Å². The third-order valence-electron chi connectivity index (χ3n) is 3.46. The fourth-order valence-corrected chi connectivity index (χ4v) is 2.47. The van der Waals surface area contributed by atoms with Crippen LogP contribution in [-0.2, 0) is 0 Å². The van der Waals surface area contributed by atoms with E-state index in [4.69, 9.17) is 0 Å². The summed E-state index contributed by atoms with van der Waals surface area (Å²) in [5.74, 6) is 0.803. The number of hydrogen-bond acceptors (Lipinski definition) is 2. The summed E-state index contributed by atoms with van der Waals surface area (Å²) in [6, 6.07) is 6.55. The van der Waals surface area contributed by atoms with Gasteiger partial charge in [0.25, 0.3) is 0 Å². The molecule has 90 valence electrons. The van der Waals surface area contributed by atoms with Crippen molar-refractivity contribution in [3.05, 3.63) is 34.4 Å². The summed E-state index contributed by atoms with van der Waals surface area (Å²) in [7, 11) is 0. The van der Waals surface area contributed by atoms with Gasteiger partial charge in [-0.15, -0.1) is 0 Å². The zero-order valence-electron chi connectivity index (χ0n) is 10.9. The maximum absolute atomic E-state index is 9.32. The molecule has 2 heteroatoms. The molecule has 1 aromatic carbocycles. The first kappa shape index (κ1) is 12.1. The lowest BCUT2D eigenvalue weighted by atomic mass is 9.94. The SMILES string of the molecule is Cc1cc(C)c(C(C#N)NCC2CC2)c(C)c1. The predicted octanol–water partition coefficient (Wildman–Crippen LogP) is 3.18. The molecule has 1 aliphatic carbocycles. The maximum atomic E-state index is 9.32. The molecule has 1 fully saturated rings. The minimum atomic E-state index is -0.156. The molecule has 0 heterocycles. The average molecular weight is 228 g/mol. The van der Waals surface area contributed by atoms with Crippen LogP contribution < -0.4 is 5.32 Å². The van der Waals surface area contributed by atoms with Crippen molar-refractivity contribution >= 4 is 0 Å². The Kier molecular flexibility index (Phi) is 3.49. The van der Waals surface area contributed by atoms with E-state index in [0.717, 1.165) is 12.5 Å². The highest BCUT2D eigenvalue weighted by atomic mass is 14.9. The van der Waals surface area contributed by atoms with Crippen molar-refractivity contribution in [2.24, 2.45) is 5.92 Å². The van der Waals surface area contributed by atoms with Crippen LogP contribution in [0.15, 0.2) is 12.1 Å². The van der Waals surface area contributed by atoms with Gasteiger partial charge in [-0.1, -0.05) is 17.7 Å². The van der Waals surface area contributed by atoms with Gasteiger partial charge in [0.1, 0.15) is 6.04 Å². The van der Waals surface area contributed by atoms with Gasteiger partial charge >= 0.3 is 0 Å². The normalized spacial score (nSPS) is 16.6. The standard InChI is InChI=1S/C15H20N2/c1-10-6-11(2)15(12(3)7-10)14(8-16)17-9-13-4-5-13/h6-7,13-14,17H,4-5,9H2,1-3H3. The highest BCUT2D eigenvalue weighted by molar-refractivity contribution is 5.41. The molecule has 0 bridgehead atoms. The molecule has 0 radical (unpaired) electrons. The Morgan fingerprint density at radius 3 is 2.35 bits per heavy atom. The molecule has 2 nitrogen and oxygen atoms in total. The largest absolute Gasteiger partial charge is 0.298 e. The summed E-state index contributed by atoms with van der Waals surface area (Å²) >= 11 is 0.